The summed E-state index contributed by atoms with van der Waals surface area (Å²) >= 11 is 0. The molecule has 1 saturated heterocycles. The van der Waals surface area contributed by atoms with E-state index in [1.165, 1.54) is 6.07 Å². The molecule has 0 radical (unpaired) electrons. The maximum Gasteiger partial charge on any atom is 0.258 e. The summed E-state index contributed by atoms with van der Waals surface area (Å²) in [6.45, 7) is 5.51. The molecule has 0 aliphatic carbocycles. The Morgan fingerprint density at radius 2 is 2.03 bits per heavy atom. The molecule has 1 aromatic carbocycles. The number of rotatable bonds is 7. The van der Waals surface area contributed by atoms with E-state index in [-0.39, 0.29) is 5.56 Å². The molecule has 1 fully saturated rings. The zero-order valence-electron chi connectivity index (χ0n) is 16.6. The summed E-state index contributed by atoms with van der Waals surface area (Å²) < 4.78 is 7.32. The van der Waals surface area contributed by atoms with Gasteiger partial charge in [0.25, 0.3) is 5.56 Å². The molecular formula is C23H26N4O2. The number of likely N-dealkylation sites (N-methyl/N-ethyl adjacent to an activating group) is 1. The van der Waals surface area contributed by atoms with Gasteiger partial charge in [-0.3, -0.25) is 9.36 Å². The molecule has 1 aliphatic heterocycles. The molecule has 6 heteroatoms. The Balaban J connectivity index is 1.42. The third-order valence-corrected chi connectivity index (χ3v) is 5.15. The van der Waals surface area contributed by atoms with Crippen molar-refractivity contribution in [1.82, 2.24) is 14.9 Å². The van der Waals surface area contributed by atoms with E-state index in [2.05, 4.69) is 22.1 Å². The van der Waals surface area contributed by atoms with Crippen LogP contribution < -0.4 is 20.5 Å². The molecule has 29 heavy (non-hydrogen) atoms. The third-order valence-electron chi connectivity index (χ3n) is 5.15. The summed E-state index contributed by atoms with van der Waals surface area (Å²) in [6.07, 6.45) is 4.61. The van der Waals surface area contributed by atoms with Crippen molar-refractivity contribution in [2.45, 2.75) is 26.0 Å². The Morgan fingerprint density at radius 1 is 1.17 bits per heavy atom. The molecule has 0 saturated carbocycles. The predicted molar refractivity (Wildman–Crippen MR) is 115 cm³/mol. The van der Waals surface area contributed by atoms with Gasteiger partial charge in [0.1, 0.15) is 18.2 Å². The van der Waals surface area contributed by atoms with E-state index in [4.69, 9.17) is 4.74 Å². The monoisotopic (exact) mass is 390 g/mol. The number of nitrogens with zero attached hydrogens (tertiary/aromatic N) is 3. The second kappa shape index (κ2) is 8.92. The number of hydrogen-bond acceptors (Lipinski definition) is 5. The van der Waals surface area contributed by atoms with E-state index in [1.54, 1.807) is 23.0 Å². The topological polar surface area (TPSA) is 59.4 Å². The Hall–Kier alpha value is -3.12. The minimum atomic E-state index is -0.140. The third kappa shape index (κ3) is 4.66. The smallest absolute Gasteiger partial charge is 0.258 e. The molecule has 1 atom stereocenters. The summed E-state index contributed by atoms with van der Waals surface area (Å²) in [5, 5.41) is 3.49. The molecule has 0 spiro atoms. The van der Waals surface area contributed by atoms with Gasteiger partial charge < -0.3 is 15.0 Å². The SMILES string of the molecule is CCN[C@@H]1CCN(c2ccc(-n3ccc(OCc4ccccc4)cc3=O)cn2)C1. The lowest BCUT2D eigenvalue weighted by Crippen LogP contribution is -2.32. The highest BCUT2D eigenvalue weighted by Gasteiger charge is 2.22. The molecule has 0 amide bonds. The fourth-order valence-electron chi connectivity index (χ4n) is 3.64. The highest BCUT2D eigenvalue weighted by molar-refractivity contribution is 5.44. The van der Waals surface area contributed by atoms with Crippen molar-refractivity contribution in [3.63, 3.8) is 0 Å². The number of aromatic nitrogens is 2. The minimum absolute atomic E-state index is 0.140. The molecular weight excluding hydrogens is 364 g/mol. The Bertz CT molecular complexity index is 986. The summed E-state index contributed by atoms with van der Waals surface area (Å²) in [6, 6.07) is 17.7. The van der Waals surface area contributed by atoms with Crippen LogP contribution in [-0.4, -0.2) is 35.2 Å². The summed E-state index contributed by atoms with van der Waals surface area (Å²) in [7, 11) is 0. The molecule has 2 aromatic heterocycles. The first kappa shape index (κ1) is 19.2. The van der Waals surface area contributed by atoms with Crippen LogP contribution in [0.25, 0.3) is 5.69 Å². The highest BCUT2D eigenvalue weighted by atomic mass is 16.5. The number of ether oxygens (including phenoxy) is 1. The van der Waals surface area contributed by atoms with Gasteiger partial charge in [-0.15, -0.1) is 0 Å². The number of anilines is 1. The lowest BCUT2D eigenvalue weighted by atomic mass is 10.2. The van der Waals surface area contributed by atoms with E-state index >= 15 is 0 Å². The van der Waals surface area contributed by atoms with Crippen LogP contribution in [0.3, 0.4) is 0 Å². The molecule has 150 valence electrons. The van der Waals surface area contributed by atoms with Crippen molar-refractivity contribution in [3.8, 4) is 11.4 Å². The van der Waals surface area contributed by atoms with Crippen molar-refractivity contribution < 1.29 is 4.74 Å². The summed E-state index contributed by atoms with van der Waals surface area (Å²) in [5.74, 6) is 1.51. The first-order valence-corrected chi connectivity index (χ1v) is 10.1. The molecule has 0 unspecified atom stereocenters. The van der Waals surface area contributed by atoms with Gasteiger partial charge in [0.2, 0.25) is 0 Å². The van der Waals surface area contributed by atoms with Crippen molar-refractivity contribution in [3.05, 3.63) is 82.9 Å². The Labute approximate surface area is 170 Å². The first-order chi connectivity index (χ1) is 14.2. The van der Waals surface area contributed by atoms with Gasteiger partial charge >= 0.3 is 0 Å². The van der Waals surface area contributed by atoms with Crippen molar-refractivity contribution in [2.75, 3.05) is 24.5 Å². The average molecular weight is 390 g/mol. The Kier molecular flexibility index (Phi) is 5.91. The summed E-state index contributed by atoms with van der Waals surface area (Å²) in [4.78, 5) is 19.4. The molecule has 6 nitrogen and oxygen atoms in total. The van der Waals surface area contributed by atoms with Crippen LogP contribution in [0.1, 0.15) is 18.9 Å². The fourth-order valence-corrected chi connectivity index (χ4v) is 3.64. The van der Waals surface area contributed by atoms with E-state index in [1.807, 2.05) is 42.5 Å². The van der Waals surface area contributed by atoms with Gasteiger partial charge in [0, 0.05) is 31.4 Å². The lowest BCUT2D eigenvalue weighted by molar-refractivity contribution is 0.305. The number of benzene rings is 1. The van der Waals surface area contributed by atoms with Crippen LogP contribution in [0.4, 0.5) is 5.82 Å². The summed E-state index contributed by atoms with van der Waals surface area (Å²) in [5.41, 5.74) is 1.67. The second-order valence-electron chi connectivity index (χ2n) is 7.21. The van der Waals surface area contributed by atoms with Crippen molar-refractivity contribution in [2.24, 2.45) is 0 Å². The van der Waals surface area contributed by atoms with Crippen molar-refractivity contribution >= 4 is 5.82 Å². The van der Waals surface area contributed by atoms with E-state index in [0.717, 1.165) is 43.1 Å². The molecule has 1 aliphatic rings. The molecule has 1 N–H and O–H groups in total. The number of pyridine rings is 2. The van der Waals surface area contributed by atoms with E-state index < -0.39 is 0 Å². The fraction of sp³-hybridized carbons (Fsp3) is 0.304. The predicted octanol–water partition coefficient (Wildman–Crippen LogP) is 3.00. The van der Waals surface area contributed by atoms with Gasteiger partial charge in [0.15, 0.2) is 0 Å². The zero-order valence-corrected chi connectivity index (χ0v) is 16.6. The van der Waals surface area contributed by atoms with Crippen LogP contribution in [0.2, 0.25) is 0 Å². The van der Waals surface area contributed by atoms with Gasteiger partial charge in [-0.2, -0.15) is 0 Å². The van der Waals surface area contributed by atoms with Crippen LogP contribution in [0.15, 0.2) is 71.8 Å². The van der Waals surface area contributed by atoms with Crippen LogP contribution in [-0.2, 0) is 6.61 Å². The van der Waals surface area contributed by atoms with Crippen LogP contribution in [0, 0.1) is 0 Å². The minimum Gasteiger partial charge on any atom is -0.489 e. The van der Waals surface area contributed by atoms with Gasteiger partial charge in [-0.25, -0.2) is 4.98 Å². The van der Waals surface area contributed by atoms with E-state index in [9.17, 15) is 4.79 Å². The maximum absolute atomic E-state index is 12.5. The van der Waals surface area contributed by atoms with Crippen LogP contribution in [0.5, 0.6) is 5.75 Å². The Morgan fingerprint density at radius 3 is 2.76 bits per heavy atom. The molecule has 0 bridgehead atoms. The van der Waals surface area contributed by atoms with Crippen LogP contribution >= 0.6 is 0 Å². The zero-order chi connectivity index (χ0) is 20.1. The number of nitrogens with one attached hydrogen (secondary N) is 1. The van der Waals surface area contributed by atoms with Gasteiger partial charge in [0.05, 0.1) is 11.9 Å². The standard InChI is InChI=1S/C23H26N4O2/c1-2-24-19-10-12-26(16-19)22-9-8-20(15-25-22)27-13-11-21(14-23(27)28)29-17-18-6-4-3-5-7-18/h3-9,11,13-15,19,24H,2,10,12,16-17H2,1H3/t19-/m1/s1. The molecule has 3 heterocycles. The average Bonchev–Trinajstić information content (AvgIpc) is 3.22. The first-order valence-electron chi connectivity index (χ1n) is 10.1. The molecule has 3 aromatic rings. The largest absolute Gasteiger partial charge is 0.489 e. The maximum atomic E-state index is 12.5. The van der Waals surface area contributed by atoms with Gasteiger partial charge in [-0.05, 0) is 36.7 Å². The van der Waals surface area contributed by atoms with Crippen molar-refractivity contribution in [1.29, 1.82) is 0 Å². The lowest BCUT2D eigenvalue weighted by Gasteiger charge is -2.18. The number of hydrogen-bond donors (Lipinski definition) is 1. The quantitative estimate of drug-likeness (QED) is 0.672. The second-order valence-corrected chi connectivity index (χ2v) is 7.21. The van der Waals surface area contributed by atoms with Gasteiger partial charge in [-0.1, -0.05) is 37.3 Å². The van der Waals surface area contributed by atoms with E-state index in [0.29, 0.717) is 18.4 Å². The normalized spacial score (nSPS) is 16.2. The highest BCUT2D eigenvalue weighted by Crippen LogP contribution is 2.19. The molecule has 4 rings (SSSR count).